The molecule has 1 aliphatic rings. The number of carbonyl (C=O) groups is 2. The van der Waals surface area contributed by atoms with Crippen molar-refractivity contribution in [2.45, 2.75) is 33.0 Å². The van der Waals surface area contributed by atoms with Gasteiger partial charge in [-0.15, -0.1) is 0 Å². The predicted molar refractivity (Wildman–Crippen MR) is 132 cm³/mol. The first-order valence-corrected chi connectivity index (χ1v) is 11.9. The summed E-state index contributed by atoms with van der Waals surface area (Å²) in [6, 6.07) is 18.4. The summed E-state index contributed by atoms with van der Waals surface area (Å²) in [5.41, 5.74) is 2.59. The average molecular weight is 477 g/mol. The van der Waals surface area contributed by atoms with Crippen LogP contribution in [0.3, 0.4) is 0 Å². The van der Waals surface area contributed by atoms with Crippen LogP contribution in [0.1, 0.15) is 47.4 Å². The van der Waals surface area contributed by atoms with Crippen molar-refractivity contribution in [1.82, 2.24) is 19.7 Å². The van der Waals surface area contributed by atoms with E-state index >= 15 is 0 Å². The van der Waals surface area contributed by atoms with Crippen LogP contribution in [0, 0.1) is 0 Å². The van der Waals surface area contributed by atoms with Gasteiger partial charge in [0.05, 0.1) is 13.7 Å². The molecule has 4 rings (SSSR count). The van der Waals surface area contributed by atoms with Crippen molar-refractivity contribution in [3.8, 4) is 5.75 Å². The zero-order valence-electron chi connectivity index (χ0n) is 20.5. The number of carbonyl (C=O) groups excluding carboxylic acids is 2. The van der Waals surface area contributed by atoms with E-state index in [-0.39, 0.29) is 17.9 Å². The maximum Gasteiger partial charge on any atom is 0.275 e. The third kappa shape index (κ3) is 6.08. The quantitative estimate of drug-likeness (QED) is 0.493. The lowest BCUT2D eigenvalue weighted by Crippen LogP contribution is -2.50. The first-order chi connectivity index (χ1) is 16.9. The van der Waals surface area contributed by atoms with Crippen LogP contribution in [0.5, 0.6) is 5.75 Å². The van der Waals surface area contributed by atoms with Gasteiger partial charge >= 0.3 is 0 Å². The van der Waals surface area contributed by atoms with E-state index in [9.17, 15) is 9.59 Å². The summed E-state index contributed by atoms with van der Waals surface area (Å²) in [7, 11) is 1.66. The van der Waals surface area contributed by atoms with Crippen LogP contribution in [-0.4, -0.2) is 64.8 Å². The Hall–Kier alpha value is -3.65. The van der Waals surface area contributed by atoms with Crippen LogP contribution in [0.2, 0.25) is 0 Å². The monoisotopic (exact) mass is 476 g/mol. The fraction of sp³-hybridized carbons (Fsp3) is 0.370. The minimum Gasteiger partial charge on any atom is -0.497 e. The van der Waals surface area contributed by atoms with Gasteiger partial charge in [0.25, 0.3) is 5.91 Å². The van der Waals surface area contributed by atoms with Crippen LogP contribution < -0.4 is 4.74 Å². The van der Waals surface area contributed by atoms with Crippen molar-refractivity contribution >= 4 is 11.8 Å². The highest BCUT2D eigenvalue weighted by Gasteiger charge is 2.26. The Kier molecular flexibility index (Phi) is 7.82. The molecule has 3 aromatic rings. The van der Waals surface area contributed by atoms with Gasteiger partial charge in [-0.05, 0) is 30.2 Å². The standard InChI is InChI=1S/C27H32N4O4/c1-20(23-9-5-4-6-10-23)31(17-22-8-7-11-24(16-22)34-3)18-26-28-25(19-35-26)27(33)30-14-12-29(13-15-30)21(2)32/h4-11,16,19-20H,12-15,17-18H2,1-3H3/t20-/m0/s1. The van der Waals surface area contributed by atoms with Crippen molar-refractivity contribution in [2.75, 3.05) is 33.3 Å². The molecule has 2 aromatic carbocycles. The highest BCUT2D eigenvalue weighted by atomic mass is 16.5. The smallest absolute Gasteiger partial charge is 0.275 e. The van der Waals surface area contributed by atoms with E-state index in [0.717, 1.165) is 11.3 Å². The van der Waals surface area contributed by atoms with Gasteiger partial charge in [-0.3, -0.25) is 14.5 Å². The van der Waals surface area contributed by atoms with Crippen LogP contribution in [0.4, 0.5) is 0 Å². The number of hydrogen-bond acceptors (Lipinski definition) is 6. The van der Waals surface area contributed by atoms with E-state index in [0.29, 0.717) is 50.9 Å². The zero-order valence-corrected chi connectivity index (χ0v) is 20.5. The summed E-state index contributed by atoms with van der Waals surface area (Å²) >= 11 is 0. The van der Waals surface area contributed by atoms with Crippen molar-refractivity contribution in [2.24, 2.45) is 0 Å². The molecule has 2 heterocycles. The van der Waals surface area contributed by atoms with Gasteiger partial charge < -0.3 is 19.0 Å². The van der Waals surface area contributed by atoms with Gasteiger partial charge in [-0.25, -0.2) is 4.98 Å². The summed E-state index contributed by atoms with van der Waals surface area (Å²) in [4.78, 5) is 34.8. The molecule has 0 radical (unpaired) electrons. The molecule has 184 valence electrons. The Balaban J connectivity index is 1.49. The number of piperazine rings is 1. The second kappa shape index (κ2) is 11.2. The molecule has 0 N–H and O–H groups in total. The van der Waals surface area contributed by atoms with Crippen LogP contribution in [-0.2, 0) is 17.9 Å². The number of rotatable bonds is 8. The van der Waals surface area contributed by atoms with Crippen LogP contribution >= 0.6 is 0 Å². The molecular weight excluding hydrogens is 444 g/mol. The van der Waals surface area contributed by atoms with Crippen LogP contribution in [0.25, 0.3) is 0 Å². The highest BCUT2D eigenvalue weighted by molar-refractivity contribution is 5.92. The summed E-state index contributed by atoms with van der Waals surface area (Å²) in [6.07, 6.45) is 1.44. The molecular formula is C27H32N4O4. The van der Waals surface area contributed by atoms with Crippen molar-refractivity contribution in [3.05, 3.63) is 83.6 Å². The summed E-state index contributed by atoms with van der Waals surface area (Å²) in [5.74, 6) is 1.16. The van der Waals surface area contributed by atoms with Crippen molar-refractivity contribution in [1.29, 1.82) is 0 Å². The van der Waals surface area contributed by atoms with E-state index < -0.39 is 0 Å². The van der Waals surface area contributed by atoms with Crippen molar-refractivity contribution < 1.29 is 18.7 Å². The Morgan fingerprint density at radius 2 is 1.74 bits per heavy atom. The van der Waals surface area contributed by atoms with Gasteiger partial charge in [-0.2, -0.15) is 0 Å². The maximum atomic E-state index is 13.0. The number of benzene rings is 2. The minimum atomic E-state index is -0.168. The number of amides is 2. The predicted octanol–water partition coefficient (Wildman–Crippen LogP) is 3.75. The number of nitrogens with zero attached hydrogens (tertiary/aromatic N) is 4. The molecule has 1 saturated heterocycles. The molecule has 8 heteroatoms. The van der Waals surface area contributed by atoms with Gasteiger partial charge in [0.1, 0.15) is 12.0 Å². The Labute approximate surface area is 206 Å². The van der Waals surface area contributed by atoms with E-state index in [1.807, 2.05) is 36.4 Å². The summed E-state index contributed by atoms with van der Waals surface area (Å²) in [5, 5.41) is 0. The fourth-order valence-electron chi connectivity index (χ4n) is 4.32. The second-order valence-electron chi connectivity index (χ2n) is 8.77. The lowest BCUT2D eigenvalue weighted by Gasteiger charge is -2.33. The Morgan fingerprint density at radius 1 is 1.03 bits per heavy atom. The summed E-state index contributed by atoms with van der Waals surface area (Å²) < 4.78 is 11.1. The fourth-order valence-corrected chi connectivity index (χ4v) is 4.32. The van der Waals surface area contributed by atoms with Gasteiger partial charge in [0.15, 0.2) is 5.69 Å². The van der Waals surface area contributed by atoms with E-state index in [4.69, 9.17) is 9.15 Å². The first-order valence-electron chi connectivity index (χ1n) is 11.9. The highest BCUT2D eigenvalue weighted by Crippen LogP contribution is 2.26. The van der Waals surface area contributed by atoms with Gasteiger partial charge in [0.2, 0.25) is 11.8 Å². The number of oxazole rings is 1. The molecule has 0 saturated carbocycles. The minimum absolute atomic E-state index is 0.0319. The molecule has 0 bridgehead atoms. The molecule has 1 aromatic heterocycles. The Morgan fingerprint density at radius 3 is 2.43 bits per heavy atom. The first kappa shape index (κ1) is 24.5. The second-order valence-corrected chi connectivity index (χ2v) is 8.77. The largest absolute Gasteiger partial charge is 0.497 e. The molecule has 1 fully saturated rings. The Bertz CT molecular complexity index is 1140. The molecule has 0 unspecified atom stereocenters. The van der Waals surface area contributed by atoms with Gasteiger partial charge in [0, 0.05) is 45.7 Å². The summed E-state index contributed by atoms with van der Waals surface area (Å²) in [6.45, 7) is 6.86. The molecule has 2 amide bonds. The number of hydrogen-bond donors (Lipinski definition) is 0. The van der Waals surface area contributed by atoms with E-state index in [1.54, 1.807) is 23.8 Å². The van der Waals surface area contributed by atoms with Crippen molar-refractivity contribution in [3.63, 3.8) is 0 Å². The lowest BCUT2D eigenvalue weighted by atomic mass is 10.1. The van der Waals surface area contributed by atoms with Gasteiger partial charge in [-0.1, -0.05) is 42.5 Å². The molecule has 1 atom stereocenters. The average Bonchev–Trinajstić information content (AvgIpc) is 3.36. The third-order valence-electron chi connectivity index (χ3n) is 6.47. The van der Waals surface area contributed by atoms with E-state index in [1.165, 1.54) is 11.8 Å². The maximum absolute atomic E-state index is 13.0. The molecule has 1 aliphatic heterocycles. The third-order valence-corrected chi connectivity index (χ3v) is 6.47. The van der Waals surface area contributed by atoms with E-state index in [2.05, 4.69) is 35.0 Å². The topological polar surface area (TPSA) is 79.1 Å². The SMILES string of the molecule is COc1cccc(CN(Cc2nc(C(=O)N3CCN(C(C)=O)CC3)co2)[C@@H](C)c2ccccc2)c1. The lowest BCUT2D eigenvalue weighted by molar-refractivity contribution is -0.130. The zero-order chi connectivity index (χ0) is 24.8. The molecule has 0 spiro atoms. The molecule has 35 heavy (non-hydrogen) atoms. The molecule has 0 aliphatic carbocycles. The van der Waals surface area contributed by atoms with Crippen LogP contribution in [0.15, 0.2) is 65.3 Å². The number of methoxy groups -OCH3 is 1. The normalized spacial score (nSPS) is 14.7. The molecule has 8 nitrogen and oxygen atoms in total. The number of ether oxygens (including phenoxy) is 1. The number of aromatic nitrogens is 1.